The van der Waals surface area contributed by atoms with E-state index < -0.39 is 0 Å². The molecule has 1 amide bonds. The molecule has 0 atom stereocenters. The van der Waals surface area contributed by atoms with Crippen molar-refractivity contribution in [3.8, 4) is 17.1 Å². The number of ether oxygens (including phenoxy) is 1. The molecule has 134 valence electrons. The topological polar surface area (TPSA) is 64.4 Å². The van der Waals surface area contributed by atoms with Gasteiger partial charge in [0, 0.05) is 11.3 Å². The fraction of sp³-hybridized carbons (Fsp3) is 0.238. The lowest BCUT2D eigenvalue weighted by atomic mass is 9.98. The fourth-order valence-corrected chi connectivity index (χ4v) is 2.81. The lowest BCUT2D eigenvalue weighted by molar-refractivity contribution is -0.118. The number of carbonyl (C=O) groups excluding carboxylic acids is 1. The monoisotopic (exact) mass is 350 g/mol. The molecule has 2 aromatic carbocycles. The van der Waals surface area contributed by atoms with Crippen LogP contribution >= 0.6 is 0 Å². The van der Waals surface area contributed by atoms with Crippen molar-refractivity contribution in [2.75, 3.05) is 11.9 Å². The summed E-state index contributed by atoms with van der Waals surface area (Å²) < 4.78 is 10.8. The van der Waals surface area contributed by atoms with Crippen molar-refractivity contribution in [1.82, 2.24) is 4.98 Å². The number of hydrogen-bond acceptors (Lipinski definition) is 4. The van der Waals surface area contributed by atoms with Crippen LogP contribution < -0.4 is 10.1 Å². The number of anilines is 1. The van der Waals surface area contributed by atoms with Gasteiger partial charge < -0.3 is 14.5 Å². The van der Waals surface area contributed by atoms with E-state index in [0.717, 1.165) is 5.56 Å². The molecule has 0 aliphatic carbocycles. The second-order valence-corrected chi connectivity index (χ2v) is 6.45. The molecule has 0 aliphatic rings. The summed E-state index contributed by atoms with van der Waals surface area (Å²) in [5.41, 5.74) is 4.06. The van der Waals surface area contributed by atoms with E-state index in [1.54, 1.807) is 6.20 Å². The Balaban J connectivity index is 1.55. The Kier molecular flexibility index (Phi) is 5.37. The molecule has 1 N–H and O–H groups in total. The van der Waals surface area contributed by atoms with Crippen LogP contribution in [0.4, 0.5) is 5.69 Å². The molecule has 0 radical (unpaired) electrons. The highest BCUT2D eigenvalue weighted by Crippen LogP contribution is 2.24. The van der Waals surface area contributed by atoms with Crippen LogP contribution in [0.1, 0.15) is 30.9 Å². The van der Waals surface area contributed by atoms with Gasteiger partial charge in [0.2, 0.25) is 0 Å². The molecule has 0 saturated heterocycles. The average molecular weight is 350 g/mol. The van der Waals surface area contributed by atoms with Crippen LogP contribution in [-0.2, 0) is 4.79 Å². The summed E-state index contributed by atoms with van der Waals surface area (Å²) in [6.07, 6.45) is 3.03. The van der Waals surface area contributed by atoms with Crippen LogP contribution in [0.5, 0.6) is 5.75 Å². The van der Waals surface area contributed by atoms with E-state index in [-0.39, 0.29) is 12.5 Å². The highest BCUT2D eigenvalue weighted by Gasteiger charge is 2.08. The van der Waals surface area contributed by atoms with E-state index in [2.05, 4.69) is 37.1 Å². The molecule has 3 aromatic rings. The number of nitrogens with zero attached hydrogens (tertiary/aromatic N) is 1. The first-order valence-electron chi connectivity index (χ1n) is 8.55. The molecule has 26 heavy (non-hydrogen) atoms. The average Bonchev–Trinajstić information content (AvgIpc) is 3.15. The molecule has 0 fully saturated rings. The van der Waals surface area contributed by atoms with E-state index in [1.165, 1.54) is 17.5 Å². The lowest BCUT2D eigenvalue weighted by Crippen LogP contribution is -2.20. The Morgan fingerprint density at radius 3 is 2.58 bits per heavy atom. The van der Waals surface area contributed by atoms with Gasteiger partial charge in [-0.15, -0.1) is 0 Å². The molecule has 5 heteroatoms. The molecule has 5 nitrogen and oxygen atoms in total. The van der Waals surface area contributed by atoms with Crippen LogP contribution in [-0.4, -0.2) is 17.5 Å². The predicted molar refractivity (Wildman–Crippen MR) is 101 cm³/mol. The van der Waals surface area contributed by atoms with E-state index in [1.807, 2.05) is 36.4 Å². The van der Waals surface area contributed by atoms with Gasteiger partial charge >= 0.3 is 0 Å². The van der Waals surface area contributed by atoms with Crippen molar-refractivity contribution in [3.05, 3.63) is 66.2 Å². The van der Waals surface area contributed by atoms with E-state index in [4.69, 9.17) is 9.15 Å². The predicted octanol–water partition coefficient (Wildman–Crippen LogP) is 4.79. The van der Waals surface area contributed by atoms with Gasteiger partial charge in [0.05, 0.1) is 6.20 Å². The number of aromatic nitrogens is 1. The van der Waals surface area contributed by atoms with Crippen molar-refractivity contribution < 1.29 is 13.9 Å². The van der Waals surface area contributed by atoms with Crippen LogP contribution in [0.15, 0.2) is 59.5 Å². The highest BCUT2D eigenvalue weighted by atomic mass is 16.5. The van der Waals surface area contributed by atoms with Crippen molar-refractivity contribution in [2.24, 2.45) is 0 Å². The van der Waals surface area contributed by atoms with E-state index in [0.29, 0.717) is 23.1 Å². The Morgan fingerprint density at radius 1 is 1.19 bits per heavy atom. The number of carbonyl (C=O) groups is 1. The van der Waals surface area contributed by atoms with Crippen molar-refractivity contribution in [2.45, 2.75) is 26.7 Å². The smallest absolute Gasteiger partial charge is 0.262 e. The first-order valence-corrected chi connectivity index (χ1v) is 8.55. The summed E-state index contributed by atoms with van der Waals surface area (Å²) in [6, 6.07) is 13.3. The van der Waals surface area contributed by atoms with Gasteiger partial charge in [-0.25, -0.2) is 4.98 Å². The summed E-state index contributed by atoms with van der Waals surface area (Å²) in [4.78, 5) is 16.0. The molecule has 1 aromatic heterocycles. The molecule has 3 rings (SSSR count). The molecule has 0 saturated carbocycles. The fourth-order valence-electron chi connectivity index (χ4n) is 2.81. The zero-order valence-corrected chi connectivity index (χ0v) is 15.2. The quantitative estimate of drug-likeness (QED) is 0.694. The molecular weight excluding hydrogens is 328 g/mol. The number of aryl methyl sites for hydroxylation is 1. The molecule has 0 bridgehead atoms. The lowest BCUT2D eigenvalue weighted by Gasteiger charge is -2.12. The second kappa shape index (κ2) is 7.87. The Bertz CT molecular complexity index is 869. The van der Waals surface area contributed by atoms with Gasteiger partial charge in [-0.3, -0.25) is 4.79 Å². The summed E-state index contributed by atoms with van der Waals surface area (Å²) in [7, 11) is 0. The summed E-state index contributed by atoms with van der Waals surface area (Å²) in [5.74, 6) is 1.64. The van der Waals surface area contributed by atoms with Crippen molar-refractivity contribution in [3.63, 3.8) is 0 Å². The maximum atomic E-state index is 12.1. The number of oxazole rings is 1. The first-order chi connectivity index (χ1) is 12.5. The maximum absolute atomic E-state index is 12.1. The third-order valence-corrected chi connectivity index (χ3v) is 4.12. The van der Waals surface area contributed by atoms with Gasteiger partial charge in [0.1, 0.15) is 5.75 Å². The first kappa shape index (κ1) is 17.7. The number of benzene rings is 2. The third-order valence-electron chi connectivity index (χ3n) is 4.12. The van der Waals surface area contributed by atoms with E-state index in [9.17, 15) is 4.79 Å². The van der Waals surface area contributed by atoms with E-state index >= 15 is 0 Å². The normalized spacial score (nSPS) is 10.8. The summed E-state index contributed by atoms with van der Waals surface area (Å²) in [6.45, 7) is 6.33. The van der Waals surface area contributed by atoms with Gasteiger partial charge in [-0.05, 0) is 60.4 Å². The third kappa shape index (κ3) is 4.30. The number of nitrogens with one attached hydrogen (secondary N) is 1. The summed E-state index contributed by atoms with van der Waals surface area (Å²) >= 11 is 0. The van der Waals surface area contributed by atoms with Crippen LogP contribution in [0.3, 0.4) is 0 Å². The Labute approximate surface area is 153 Å². The zero-order chi connectivity index (χ0) is 18.5. The molecule has 0 spiro atoms. The van der Waals surface area contributed by atoms with Gasteiger partial charge in [0.25, 0.3) is 5.91 Å². The minimum absolute atomic E-state index is 0.0374. The maximum Gasteiger partial charge on any atom is 0.262 e. The SMILES string of the molecule is Cc1cc(OCC(=O)Nc2ccc(-c3cnco3)cc2)ccc1C(C)C. The van der Waals surface area contributed by atoms with Gasteiger partial charge in [-0.1, -0.05) is 19.9 Å². The largest absolute Gasteiger partial charge is 0.484 e. The Hall–Kier alpha value is -3.08. The minimum atomic E-state index is -0.206. The standard InChI is InChI=1S/C21H22N2O3/c1-14(2)19-9-8-18(10-15(19)3)25-12-21(24)23-17-6-4-16(5-7-17)20-11-22-13-26-20/h4-11,13-14H,12H2,1-3H3,(H,23,24). The Morgan fingerprint density at radius 2 is 1.96 bits per heavy atom. The van der Waals surface area contributed by atoms with Crippen LogP contribution in [0, 0.1) is 6.92 Å². The molecular formula is C21H22N2O3. The van der Waals surface area contributed by atoms with Gasteiger partial charge in [0.15, 0.2) is 18.8 Å². The van der Waals surface area contributed by atoms with Crippen molar-refractivity contribution in [1.29, 1.82) is 0 Å². The van der Waals surface area contributed by atoms with Crippen LogP contribution in [0.25, 0.3) is 11.3 Å². The summed E-state index contributed by atoms with van der Waals surface area (Å²) in [5, 5.41) is 2.82. The number of rotatable bonds is 6. The van der Waals surface area contributed by atoms with Gasteiger partial charge in [-0.2, -0.15) is 0 Å². The highest BCUT2D eigenvalue weighted by molar-refractivity contribution is 5.92. The number of hydrogen-bond donors (Lipinski definition) is 1. The molecule has 0 unspecified atom stereocenters. The second-order valence-electron chi connectivity index (χ2n) is 6.45. The molecule has 1 heterocycles. The van der Waals surface area contributed by atoms with Crippen molar-refractivity contribution >= 4 is 11.6 Å². The zero-order valence-electron chi connectivity index (χ0n) is 15.2. The number of amides is 1. The minimum Gasteiger partial charge on any atom is -0.484 e. The molecule has 0 aliphatic heterocycles. The van der Waals surface area contributed by atoms with Crippen LogP contribution in [0.2, 0.25) is 0 Å².